The number of hydrogen-bond acceptors (Lipinski definition) is 7. The molecule has 0 aromatic heterocycles. The zero-order valence-corrected chi connectivity index (χ0v) is 10.4. The molecule has 1 aliphatic heterocycles. The molecular weight excluding hydrogens is 244 g/mol. The molecule has 0 aromatic rings. The predicted molar refractivity (Wildman–Crippen MR) is 59.3 cm³/mol. The van der Waals surface area contributed by atoms with Gasteiger partial charge in [0.1, 0.15) is 31.0 Å². The minimum absolute atomic E-state index is 0.146. The summed E-state index contributed by atoms with van der Waals surface area (Å²) in [6, 6.07) is 0. The molecule has 1 saturated heterocycles. The summed E-state index contributed by atoms with van der Waals surface area (Å²) in [5, 5.41) is 37.5. The van der Waals surface area contributed by atoms with E-state index in [-0.39, 0.29) is 18.9 Å². The van der Waals surface area contributed by atoms with Crippen molar-refractivity contribution < 1.29 is 34.7 Å². The van der Waals surface area contributed by atoms with Crippen molar-refractivity contribution in [3.63, 3.8) is 0 Å². The van der Waals surface area contributed by atoms with Crippen LogP contribution in [0, 0.1) is 5.92 Å². The van der Waals surface area contributed by atoms with Crippen LogP contribution in [0.2, 0.25) is 0 Å². The average Bonchev–Trinajstić information content (AvgIpc) is 2.28. The minimum atomic E-state index is -1.61. The largest absolute Gasteiger partial charge is 0.463 e. The summed E-state index contributed by atoms with van der Waals surface area (Å²) in [6.45, 7) is 3.43. The zero-order valence-electron chi connectivity index (χ0n) is 10.4. The lowest BCUT2D eigenvalue weighted by Crippen LogP contribution is -2.58. The van der Waals surface area contributed by atoms with Crippen LogP contribution in [0.5, 0.6) is 0 Å². The van der Waals surface area contributed by atoms with Crippen molar-refractivity contribution in [3.8, 4) is 0 Å². The molecule has 0 spiro atoms. The van der Waals surface area contributed by atoms with Crippen LogP contribution in [0.15, 0.2) is 0 Å². The van der Waals surface area contributed by atoms with Crippen molar-refractivity contribution in [1.82, 2.24) is 0 Å². The molecule has 7 nitrogen and oxygen atoms in total. The summed E-state index contributed by atoms with van der Waals surface area (Å²) in [5.74, 6) is -0.302. The molecule has 0 aliphatic carbocycles. The molecule has 1 heterocycles. The third kappa shape index (κ3) is 3.89. The smallest absolute Gasteiger partial charge is 0.306 e. The van der Waals surface area contributed by atoms with E-state index in [0.29, 0.717) is 0 Å². The summed E-state index contributed by atoms with van der Waals surface area (Å²) in [5.41, 5.74) is 0. The van der Waals surface area contributed by atoms with E-state index in [1.54, 1.807) is 0 Å². The zero-order chi connectivity index (χ0) is 13.9. The van der Waals surface area contributed by atoms with Crippen LogP contribution in [0.4, 0.5) is 0 Å². The lowest BCUT2D eigenvalue weighted by atomic mass is 9.99. The second-order valence-corrected chi connectivity index (χ2v) is 4.82. The summed E-state index contributed by atoms with van der Waals surface area (Å²) in [7, 11) is 0. The fourth-order valence-electron chi connectivity index (χ4n) is 1.64. The van der Waals surface area contributed by atoms with Crippen LogP contribution in [-0.4, -0.2) is 63.7 Å². The van der Waals surface area contributed by atoms with Crippen molar-refractivity contribution in [1.29, 1.82) is 0 Å². The Balaban J connectivity index is 2.44. The first kappa shape index (κ1) is 15.3. The fourth-order valence-corrected chi connectivity index (χ4v) is 1.64. The number of carbonyl (C=O) groups is 1. The van der Waals surface area contributed by atoms with E-state index in [4.69, 9.17) is 9.47 Å². The van der Waals surface area contributed by atoms with Gasteiger partial charge in [0.2, 0.25) is 0 Å². The van der Waals surface area contributed by atoms with Gasteiger partial charge in [0, 0.05) is 6.42 Å². The highest BCUT2D eigenvalue weighted by Gasteiger charge is 2.43. The van der Waals surface area contributed by atoms with Crippen LogP contribution >= 0.6 is 0 Å². The van der Waals surface area contributed by atoms with Crippen molar-refractivity contribution in [3.05, 3.63) is 0 Å². The molecule has 0 amide bonds. The molecule has 0 radical (unpaired) electrons. The van der Waals surface area contributed by atoms with Gasteiger partial charge in [-0.25, -0.2) is 0 Å². The molecule has 0 bridgehead atoms. The Morgan fingerprint density at radius 2 is 1.78 bits per heavy atom. The first-order chi connectivity index (χ1) is 8.32. The highest BCUT2D eigenvalue weighted by molar-refractivity contribution is 5.69. The molecule has 106 valence electrons. The molecule has 7 heteroatoms. The highest BCUT2D eigenvalue weighted by atomic mass is 16.6. The van der Waals surface area contributed by atoms with Gasteiger partial charge in [-0.1, -0.05) is 13.8 Å². The van der Waals surface area contributed by atoms with Gasteiger partial charge in [-0.2, -0.15) is 0 Å². The molecule has 5 unspecified atom stereocenters. The third-order valence-electron chi connectivity index (χ3n) is 2.67. The lowest BCUT2D eigenvalue weighted by molar-refractivity contribution is -0.287. The lowest BCUT2D eigenvalue weighted by Gasteiger charge is -2.37. The Kier molecular flexibility index (Phi) is 5.48. The molecule has 0 saturated carbocycles. The number of carbonyl (C=O) groups excluding carboxylic acids is 1. The molecule has 5 atom stereocenters. The van der Waals surface area contributed by atoms with Gasteiger partial charge in [-0.05, 0) is 5.92 Å². The first-order valence-electron chi connectivity index (χ1n) is 5.86. The quantitative estimate of drug-likeness (QED) is 0.451. The van der Waals surface area contributed by atoms with E-state index < -0.39 is 36.7 Å². The predicted octanol–water partition coefficient (Wildman–Crippen LogP) is -1.62. The third-order valence-corrected chi connectivity index (χ3v) is 2.67. The van der Waals surface area contributed by atoms with E-state index in [1.807, 2.05) is 13.8 Å². The number of aliphatic hydroxyl groups is 4. The fraction of sp³-hybridized carbons (Fsp3) is 0.909. The molecule has 18 heavy (non-hydrogen) atoms. The Bertz CT molecular complexity index is 281. The van der Waals surface area contributed by atoms with E-state index >= 15 is 0 Å². The average molecular weight is 264 g/mol. The Hall–Kier alpha value is -0.730. The van der Waals surface area contributed by atoms with E-state index in [0.717, 1.165) is 0 Å². The van der Waals surface area contributed by atoms with Crippen molar-refractivity contribution >= 4 is 5.97 Å². The SMILES string of the molecule is CC(C)CC(=O)OCC1OC(O)C(O)C(O)C1O. The number of aliphatic hydroxyl groups excluding tert-OH is 4. The Morgan fingerprint density at radius 1 is 1.17 bits per heavy atom. The van der Waals surface area contributed by atoms with Gasteiger partial charge in [-0.3, -0.25) is 4.79 Å². The second kappa shape index (κ2) is 6.44. The van der Waals surface area contributed by atoms with Crippen LogP contribution in [-0.2, 0) is 14.3 Å². The van der Waals surface area contributed by atoms with E-state index in [9.17, 15) is 25.2 Å². The van der Waals surface area contributed by atoms with Gasteiger partial charge in [0.25, 0.3) is 0 Å². The maximum Gasteiger partial charge on any atom is 0.306 e. The van der Waals surface area contributed by atoms with Crippen molar-refractivity contribution in [2.45, 2.75) is 51.0 Å². The van der Waals surface area contributed by atoms with Gasteiger partial charge < -0.3 is 29.9 Å². The maximum atomic E-state index is 11.3. The van der Waals surface area contributed by atoms with Crippen LogP contribution in [0.3, 0.4) is 0 Å². The number of ether oxygens (including phenoxy) is 2. The molecule has 1 aliphatic rings. The minimum Gasteiger partial charge on any atom is -0.463 e. The number of esters is 1. The topological polar surface area (TPSA) is 116 Å². The van der Waals surface area contributed by atoms with Crippen molar-refractivity contribution in [2.24, 2.45) is 5.92 Å². The molecule has 1 fully saturated rings. The standard InChI is InChI=1S/C11H20O7/c1-5(2)3-7(12)17-4-6-8(13)9(14)10(15)11(16)18-6/h5-6,8-11,13-16H,3-4H2,1-2H3. The summed E-state index contributed by atoms with van der Waals surface area (Å²) in [6.07, 6.45) is -6.98. The normalized spacial score (nSPS) is 36.7. The summed E-state index contributed by atoms with van der Waals surface area (Å²) in [4.78, 5) is 11.3. The van der Waals surface area contributed by atoms with Crippen LogP contribution < -0.4 is 0 Å². The van der Waals surface area contributed by atoms with E-state index in [2.05, 4.69) is 0 Å². The summed E-state index contributed by atoms with van der Waals surface area (Å²) >= 11 is 0. The molecule has 0 aromatic carbocycles. The Labute approximate surface area is 105 Å². The number of rotatable bonds is 4. The monoisotopic (exact) mass is 264 g/mol. The van der Waals surface area contributed by atoms with Gasteiger partial charge in [0.05, 0.1) is 0 Å². The van der Waals surface area contributed by atoms with Gasteiger partial charge in [0.15, 0.2) is 6.29 Å². The second-order valence-electron chi connectivity index (χ2n) is 4.82. The van der Waals surface area contributed by atoms with Gasteiger partial charge >= 0.3 is 5.97 Å². The van der Waals surface area contributed by atoms with Crippen LogP contribution in [0.25, 0.3) is 0 Å². The summed E-state index contributed by atoms with van der Waals surface area (Å²) < 4.78 is 9.72. The van der Waals surface area contributed by atoms with E-state index in [1.165, 1.54) is 0 Å². The first-order valence-corrected chi connectivity index (χ1v) is 5.86. The molecule has 1 rings (SSSR count). The molecular formula is C11H20O7. The van der Waals surface area contributed by atoms with Gasteiger partial charge in [-0.15, -0.1) is 0 Å². The van der Waals surface area contributed by atoms with Crippen LogP contribution in [0.1, 0.15) is 20.3 Å². The van der Waals surface area contributed by atoms with Crippen molar-refractivity contribution in [2.75, 3.05) is 6.61 Å². The molecule has 4 N–H and O–H groups in total. The number of hydrogen-bond donors (Lipinski definition) is 4. The highest BCUT2D eigenvalue weighted by Crippen LogP contribution is 2.20. The maximum absolute atomic E-state index is 11.3. The Morgan fingerprint density at radius 3 is 2.33 bits per heavy atom.